The molecule has 0 saturated carbocycles. The van der Waals surface area contributed by atoms with Gasteiger partial charge in [-0.1, -0.05) is 60.7 Å². The smallest absolute Gasteiger partial charge is 0.326 e. The highest BCUT2D eigenvalue weighted by atomic mass is 32.2. The number of nitro groups is 1. The molecule has 42 heavy (non-hydrogen) atoms. The van der Waals surface area contributed by atoms with Crippen LogP contribution in [0.3, 0.4) is 0 Å². The summed E-state index contributed by atoms with van der Waals surface area (Å²) in [5.41, 5.74) is 5.82. The van der Waals surface area contributed by atoms with E-state index in [1.807, 2.05) is 79.9 Å². The highest BCUT2D eigenvalue weighted by Crippen LogP contribution is 2.30. The van der Waals surface area contributed by atoms with Gasteiger partial charge < -0.3 is 15.3 Å². The third-order valence-corrected chi connectivity index (χ3v) is 7.64. The first-order valence-electron chi connectivity index (χ1n) is 13.5. The molecule has 0 aliphatic rings. The Balaban J connectivity index is 1.72. The van der Waals surface area contributed by atoms with Crippen molar-refractivity contribution in [1.29, 1.82) is 0 Å². The van der Waals surface area contributed by atoms with Gasteiger partial charge in [-0.3, -0.25) is 14.9 Å². The maximum atomic E-state index is 13.5. The summed E-state index contributed by atoms with van der Waals surface area (Å²) in [4.78, 5) is 38.2. The van der Waals surface area contributed by atoms with Gasteiger partial charge in [-0.2, -0.15) is 11.8 Å². The second-order valence-electron chi connectivity index (χ2n) is 9.96. The number of nitro benzene ring substituents is 1. The molecule has 0 fully saturated rings. The number of carbonyl (C=O) groups excluding carboxylic acids is 1. The Morgan fingerprint density at radius 2 is 1.57 bits per heavy atom. The molecule has 0 saturated heterocycles. The van der Waals surface area contributed by atoms with Gasteiger partial charge in [0, 0.05) is 36.5 Å². The zero-order valence-electron chi connectivity index (χ0n) is 23.5. The van der Waals surface area contributed by atoms with E-state index >= 15 is 0 Å². The molecule has 4 rings (SSSR count). The lowest BCUT2D eigenvalue weighted by atomic mass is 9.93. The van der Waals surface area contributed by atoms with Gasteiger partial charge in [0.1, 0.15) is 6.04 Å². The van der Waals surface area contributed by atoms with E-state index in [0.29, 0.717) is 36.4 Å². The highest BCUT2D eigenvalue weighted by molar-refractivity contribution is 7.98. The summed E-state index contributed by atoms with van der Waals surface area (Å²) in [5, 5.41) is 23.6. The summed E-state index contributed by atoms with van der Waals surface area (Å²) in [6.07, 6.45) is 2.22. The molecule has 0 heterocycles. The average molecular weight is 584 g/mol. The van der Waals surface area contributed by atoms with Crippen molar-refractivity contribution in [3.05, 3.63) is 129 Å². The minimum Gasteiger partial charge on any atom is -0.480 e. The number of nitrogens with zero attached hydrogens (tertiary/aromatic N) is 2. The molecule has 0 bridgehead atoms. The zero-order valence-corrected chi connectivity index (χ0v) is 24.3. The molecule has 0 spiro atoms. The van der Waals surface area contributed by atoms with Crippen LogP contribution in [0.2, 0.25) is 0 Å². The molecule has 0 radical (unpaired) electrons. The van der Waals surface area contributed by atoms with E-state index in [9.17, 15) is 24.8 Å². The molecule has 1 unspecified atom stereocenters. The van der Waals surface area contributed by atoms with Crippen LogP contribution in [-0.2, 0) is 17.9 Å². The number of rotatable bonds is 13. The van der Waals surface area contributed by atoms with Gasteiger partial charge in [-0.25, -0.2) is 4.79 Å². The molecule has 0 aliphatic carbocycles. The Kier molecular flexibility index (Phi) is 10.3. The van der Waals surface area contributed by atoms with Crippen molar-refractivity contribution in [3.8, 4) is 11.1 Å². The van der Waals surface area contributed by atoms with Gasteiger partial charge in [0.2, 0.25) is 0 Å². The number of aliphatic carboxylic acids is 1. The van der Waals surface area contributed by atoms with Gasteiger partial charge in [-0.05, 0) is 77.4 Å². The minimum atomic E-state index is -1.06. The molecule has 9 heteroatoms. The first-order valence-corrected chi connectivity index (χ1v) is 14.9. The second-order valence-corrected chi connectivity index (χ2v) is 10.9. The molecular weight excluding hydrogens is 550 g/mol. The fourth-order valence-electron chi connectivity index (χ4n) is 4.76. The number of hydrogen-bond donors (Lipinski definition) is 2. The van der Waals surface area contributed by atoms with Crippen LogP contribution in [0.5, 0.6) is 0 Å². The number of carboxylic acid groups (broad SMARTS) is 1. The van der Waals surface area contributed by atoms with E-state index in [2.05, 4.69) is 10.2 Å². The summed E-state index contributed by atoms with van der Waals surface area (Å²) >= 11 is 1.53. The van der Waals surface area contributed by atoms with Crippen molar-refractivity contribution in [2.24, 2.45) is 0 Å². The number of hydrogen-bond acceptors (Lipinski definition) is 6. The first kappa shape index (κ1) is 30.3. The lowest BCUT2D eigenvalue weighted by Crippen LogP contribution is -2.41. The van der Waals surface area contributed by atoms with Crippen LogP contribution in [0.1, 0.15) is 33.5 Å². The highest BCUT2D eigenvalue weighted by Gasteiger charge is 2.23. The molecule has 0 aliphatic heterocycles. The molecule has 1 atom stereocenters. The monoisotopic (exact) mass is 583 g/mol. The van der Waals surface area contributed by atoms with Gasteiger partial charge in [0.15, 0.2) is 0 Å². The normalized spacial score (nSPS) is 11.5. The molecule has 216 valence electrons. The Hall–Kier alpha value is -4.63. The third kappa shape index (κ3) is 7.76. The third-order valence-electron chi connectivity index (χ3n) is 6.99. The van der Waals surface area contributed by atoms with Crippen molar-refractivity contribution in [2.75, 3.05) is 16.9 Å². The molecule has 1 amide bonds. The predicted octanol–water partition coefficient (Wildman–Crippen LogP) is 6.71. The summed E-state index contributed by atoms with van der Waals surface area (Å²) in [6, 6.07) is 28.8. The average Bonchev–Trinajstić information content (AvgIpc) is 2.99. The van der Waals surface area contributed by atoms with Crippen molar-refractivity contribution in [1.82, 2.24) is 5.32 Å². The SMILES string of the molecule is CSCCC(NC(=O)c1ccc(CN(Cc2ccccc2)c2ccc([N+](=O)[O-])cc2)cc1-c1ccccc1C)C(=O)O. The lowest BCUT2D eigenvalue weighted by Gasteiger charge is -2.26. The van der Waals surface area contributed by atoms with Gasteiger partial charge in [0.25, 0.3) is 11.6 Å². The Morgan fingerprint density at radius 3 is 2.21 bits per heavy atom. The number of carbonyl (C=O) groups is 2. The predicted molar refractivity (Wildman–Crippen MR) is 168 cm³/mol. The number of thioether (sulfide) groups is 1. The number of nitrogens with one attached hydrogen (secondary N) is 1. The van der Waals surface area contributed by atoms with Crippen LogP contribution in [-0.4, -0.2) is 40.0 Å². The molecule has 8 nitrogen and oxygen atoms in total. The van der Waals surface area contributed by atoms with Gasteiger partial charge in [-0.15, -0.1) is 0 Å². The Morgan fingerprint density at radius 1 is 0.905 bits per heavy atom. The van der Waals surface area contributed by atoms with Crippen LogP contribution in [0, 0.1) is 17.0 Å². The minimum absolute atomic E-state index is 0.0211. The fourth-order valence-corrected chi connectivity index (χ4v) is 5.23. The second kappa shape index (κ2) is 14.3. The van der Waals surface area contributed by atoms with Crippen LogP contribution in [0.4, 0.5) is 11.4 Å². The first-order chi connectivity index (χ1) is 20.3. The maximum absolute atomic E-state index is 13.5. The van der Waals surface area contributed by atoms with E-state index in [1.54, 1.807) is 18.2 Å². The topological polar surface area (TPSA) is 113 Å². The van der Waals surface area contributed by atoms with Crippen LogP contribution >= 0.6 is 11.8 Å². The number of anilines is 1. The Bertz CT molecular complexity index is 1540. The zero-order chi connectivity index (χ0) is 30.1. The molecule has 4 aromatic rings. The standard InChI is InChI=1S/C33H33N3O5S/c1-23-8-6-7-11-28(23)30-20-25(12-17-29(30)32(37)34-31(33(38)39)18-19-42-2)22-35(21-24-9-4-3-5-10-24)26-13-15-27(16-14-26)36(40)41/h3-17,20,31H,18-19,21-22H2,1-2H3,(H,34,37)(H,38,39). The fraction of sp³-hybridized carbons (Fsp3) is 0.212. The number of amides is 1. The quantitative estimate of drug-likeness (QED) is 0.133. The number of aryl methyl sites for hydroxylation is 1. The van der Waals surface area contributed by atoms with Crippen LogP contribution in [0.15, 0.2) is 97.1 Å². The van der Waals surface area contributed by atoms with Crippen molar-refractivity contribution in [3.63, 3.8) is 0 Å². The van der Waals surface area contributed by atoms with Crippen LogP contribution < -0.4 is 10.2 Å². The van der Waals surface area contributed by atoms with E-state index < -0.39 is 22.8 Å². The summed E-state index contributed by atoms with van der Waals surface area (Å²) in [6.45, 7) is 3.01. The number of benzene rings is 4. The molecule has 4 aromatic carbocycles. The van der Waals surface area contributed by atoms with E-state index in [-0.39, 0.29) is 5.69 Å². The number of carboxylic acids is 1. The Labute approximate surface area is 249 Å². The van der Waals surface area contributed by atoms with Crippen molar-refractivity contribution < 1.29 is 19.6 Å². The summed E-state index contributed by atoms with van der Waals surface area (Å²) < 4.78 is 0. The van der Waals surface area contributed by atoms with E-state index in [4.69, 9.17) is 0 Å². The van der Waals surface area contributed by atoms with Crippen LogP contribution in [0.25, 0.3) is 11.1 Å². The molecule has 2 N–H and O–H groups in total. The molecular formula is C33H33N3O5S. The summed E-state index contributed by atoms with van der Waals surface area (Å²) in [5.74, 6) is -0.892. The van der Waals surface area contributed by atoms with E-state index in [0.717, 1.165) is 27.9 Å². The van der Waals surface area contributed by atoms with Crippen molar-refractivity contribution in [2.45, 2.75) is 32.5 Å². The maximum Gasteiger partial charge on any atom is 0.326 e. The van der Waals surface area contributed by atoms with E-state index in [1.165, 1.54) is 23.9 Å². The van der Waals surface area contributed by atoms with Gasteiger partial charge in [0.05, 0.1) is 4.92 Å². The molecule has 0 aromatic heterocycles. The van der Waals surface area contributed by atoms with Gasteiger partial charge >= 0.3 is 5.97 Å². The lowest BCUT2D eigenvalue weighted by molar-refractivity contribution is -0.384. The largest absolute Gasteiger partial charge is 0.480 e. The number of non-ortho nitro benzene ring substituents is 1. The van der Waals surface area contributed by atoms with Crippen molar-refractivity contribution >= 4 is 35.0 Å². The summed E-state index contributed by atoms with van der Waals surface area (Å²) in [7, 11) is 0.